The van der Waals surface area contributed by atoms with Gasteiger partial charge in [-0.25, -0.2) is 14.4 Å². The van der Waals surface area contributed by atoms with Crippen molar-refractivity contribution in [2.45, 2.75) is 391 Å². The zero-order valence-electron chi connectivity index (χ0n) is 86.3. The van der Waals surface area contributed by atoms with Gasteiger partial charge in [0.25, 0.3) is 0 Å². The number of carbonyl (C=O) groups excluding carboxylic acids is 5. The van der Waals surface area contributed by atoms with Crippen molar-refractivity contribution in [2.75, 3.05) is 40.4 Å². The molecule has 20 aliphatic carbocycles. The summed E-state index contributed by atoms with van der Waals surface area (Å²) in [5.74, 6) is 3.93. The molecule has 0 aliphatic heterocycles. The molecular weight excluding hydrogens is 1850 g/mol. The number of aliphatic carboxylic acids is 3. The van der Waals surface area contributed by atoms with Crippen molar-refractivity contribution in [3.8, 4) is 0 Å². The van der Waals surface area contributed by atoms with Crippen LogP contribution in [0.4, 0.5) is 14.4 Å². The minimum absolute atomic E-state index is 0.0242. The normalized spacial score (nSPS) is 31.8. The van der Waals surface area contributed by atoms with Gasteiger partial charge in [-0.3, -0.25) is 24.0 Å². The van der Waals surface area contributed by atoms with E-state index < -0.39 is 56.4 Å². The number of hydrogen-bond acceptors (Lipinski definition) is 25. The molecule has 0 saturated heterocycles. The molecule has 3 aromatic heterocycles. The summed E-state index contributed by atoms with van der Waals surface area (Å²) in [6.07, 6.45) is 28.6. The molecule has 32 heteroatoms. The maximum absolute atomic E-state index is 13.4. The number of amides is 3. The van der Waals surface area contributed by atoms with Crippen LogP contribution in [0.3, 0.4) is 0 Å². The standard InChI is InChI=1S/C30H39N3O5.C29H37N3O5.C24H29N3O3.C19H27N3O3.C11H16O4/c1-27(2,3)37-26(35)33(22-18-21(22)20-8-6-5-7-9-20)19-30(16-17-30)23-31-24(38-32-23)28-10-13-29(14-11-28,15-12-28)25(34)36-4;1-26(2,3)36-25(35)32(21-17-20(21)19-7-5-4-6-8-19)18-29(15-16-29)22-30-23(37-31-22)27-9-12-28(13-10-27,14-11-27)24(33)34;28-21(29)23-9-6-22(7-10-23,8-11-23)20-26-19(27-30-20)24(12-13-24)15-25-18-14-17(18)16-4-2-1-3-5-16;1-18(2,3)25-17(23)22(12-19(9-10-19)16(20)21-24)15-11-14(15)13-7-5-4-6-8-13;1-15-9(14)11-5-2-10(3-6-11,4-7-11)8(12)13/h5-9,21-22H,10-19H2,1-4H3;4-8,20-21H,9-18H2,1-3H3,(H,33,34);1-5,17-18,25H,6-15H2,(H,28,29);4-8,14-15,24H,9-12H2,1-3H3,(H2,20,21);2-7H2,1H3,(H,12,13)/t21?,22-,28?,29?;20?,21-,27?,28?;17?,18-,22?,23?;14?,15-;/m0000./s1. The van der Waals surface area contributed by atoms with Gasteiger partial charge < -0.3 is 83.5 Å². The first-order valence-corrected chi connectivity index (χ1v) is 53.3. The van der Waals surface area contributed by atoms with Gasteiger partial charge in [0, 0.05) is 101 Å². The maximum atomic E-state index is 13.4. The van der Waals surface area contributed by atoms with Crippen LogP contribution in [0.1, 0.15) is 375 Å². The SMILES string of the molecule is CC(C)(C)OC(=O)N(CC1(C(N)=NO)CC1)[C@H]1CC1c1ccccc1.CC(C)(C)OC(=O)N(CC1(c2noc(C34CCC(C(=O)O)(CC3)CC4)n2)CC1)[C@H]1CC1c1ccccc1.COC(=O)C12CCC(C(=O)O)(CC1)CC2.COC(=O)C12CCC(c3nc(C4(CN(C(=O)OC(C)(C)C)[C@H]5CC5c5ccccc5)CC4)no3)(CC1)CC2.O=C(O)C12CCC(c3nc(C4(CN[C@H]5CC5c5ccccc5)CC4)no3)(CC1)CC2. The Morgan fingerprint density at radius 3 is 0.890 bits per heavy atom. The number of nitrogens with zero attached hydrogens (tertiary/aromatic N) is 10. The van der Waals surface area contributed by atoms with E-state index in [2.05, 4.69) is 105 Å². The number of hydrogen-bond donors (Lipinski definition) is 6. The van der Waals surface area contributed by atoms with E-state index in [9.17, 15) is 53.7 Å². The Morgan fingerprint density at radius 2 is 0.628 bits per heavy atom. The summed E-state index contributed by atoms with van der Waals surface area (Å²) in [7, 11) is 2.89. The van der Waals surface area contributed by atoms with E-state index in [-0.39, 0.29) is 97.5 Å². The van der Waals surface area contributed by atoms with Crippen molar-refractivity contribution < 1.29 is 96.1 Å². The third kappa shape index (κ3) is 20.9. The van der Waals surface area contributed by atoms with Crippen molar-refractivity contribution in [1.82, 2.24) is 50.4 Å². The van der Waals surface area contributed by atoms with Crippen LogP contribution >= 0.6 is 0 Å². The highest BCUT2D eigenvalue weighted by Crippen LogP contribution is 2.65. The number of oxime groups is 1. The Balaban J connectivity index is 0.000000118. The molecule has 7 N–H and O–H groups in total. The first kappa shape index (κ1) is 102. The second-order valence-corrected chi connectivity index (χ2v) is 49.5. The Kier molecular flexibility index (Phi) is 27.1. The molecule has 780 valence electrons. The number of carbonyl (C=O) groups is 8. The van der Waals surface area contributed by atoms with Gasteiger partial charge in [-0.15, -0.1) is 0 Å². The average molecular weight is 1990 g/mol. The van der Waals surface area contributed by atoms with Crippen LogP contribution in [0.15, 0.2) is 140 Å². The lowest BCUT2D eigenvalue weighted by molar-refractivity contribution is -0.172. The number of fused-ring (bicyclic) bond motifs is 12. The number of nitrogens with two attached hydrogens (primary N) is 1. The summed E-state index contributed by atoms with van der Waals surface area (Å²) in [6, 6.07) is 42.6. The predicted octanol–water partition coefficient (Wildman–Crippen LogP) is 20.0. The topological polar surface area (TPSA) is 441 Å². The third-order valence-electron chi connectivity index (χ3n) is 36.9. The number of rotatable bonds is 28. The number of esters is 2. The van der Waals surface area contributed by atoms with Crippen molar-refractivity contribution in [3.63, 3.8) is 0 Å². The number of nitrogens with one attached hydrogen (secondary N) is 1. The summed E-state index contributed by atoms with van der Waals surface area (Å²) in [6.45, 7) is 19.4. The fraction of sp³-hybridized carbons (Fsp3) is 0.655. The second-order valence-electron chi connectivity index (χ2n) is 49.5. The van der Waals surface area contributed by atoms with Crippen LogP contribution in [-0.2, 0) is 80.1 Å². The lowest BCUT2D eigenvalue weighted by atomic mass is 9.53. The monoisotopic (exact) mass is 1990 g/mol. The number of carboxylic acids is 3. The number of methoxy groups -OCH3 is 2. The van der Waals surface area contributed by atoms with Gasteiger partial charge in [-0.1, -0.05) is 142 Å². The number of benzene rings is 4. The van der Waals surface area contributed by atoms with Crippen molar-refractivity contribution in [3.05, 3.63) is 179 Å². The molecule has 4 unspecified atom stereocenters. The van der Waals surface area contributed by atoms with Crippen molar-refractivity contribution >= 4 is 54.0 Å². The van der Waals surface area contributed by atoms with E-state index >= 15 is 0 Å². The van der Waals surface area contributed by atoms with Crippen LogP contribution in [0.2, 0.25) is 0 Å². The van der Waals surface area contributed by atoms with Gasteiger partial charge in [0.2, 0.25) is 17.7 Å². The van der Waals surface area contributed by atoms with Crippen LogP contribution in [0, 0.1) is 32.5 Å². The summed E-state index contributed by atoms with van der Waals surface area (Å²) in [4.78, 5) is 119. The first-order chi connectivity index (χ1) is 69.0. The van der Waals surface area contributed by atoms with E-state index in [1.165, 1.54) is 42.9 Å². The van der Waals surface area contributed by atoms with E-state index in [0.29, 0.717) is 131 Å². The zero-order valence-corrected chi connectivity index (χ0v) is 86.3. The molecule has 8 atom stereocenters. The number of amidine groups is 1. The van der Waals surface area contributed by atoms with E-state index in [0.717, 1.165) is 185 Å². The molecule has 8 bridgehead atoms. The lowest BCUT2D eigenvalue weighted by Crippen LogP contribution is -2.49. The Bertz CT molecular complexity index is 5840. The highest BCUT2D eigenvalue weighted by molar-refractivity contribution is 5.89. The molecule has 20 fully saturated rings. The van der Waals surface area contributed by atoms with Gasteiger partial charge in [-0.05, 0) is 316 Å². The van der Waals surface area contributed by atoms with E-state index in [1.807, 2.05) is 115 Å². The Hall–Kier alpha value is -11.3. The fourth-order valence-electron chi connectivity index (χ4n) is 25.7. The molecule has 27 rings (SSSR count). The molecule has 3 heterocycles. The summed E-state index contributed by atoms with van der Waals surface area (Å²) in [5.41, 5.74) is 5.55. The molecule has 20 aliphatic rings. The van der Waals surface area contributed by atoms with Gasteiger partial charge >= 0.3 is 48.1 Å². The van der Waals surface area contributed by atoms with Gasteiger partial charge in [0.1, 0.15) is 22.6 Å². The molecular formula is C113H148N12O20. The van der Waals surface area contributed by atoms with Crippen LogP contribution in [-0.4, -0.2) is 201 Å². The smallest absolute Gasteiger partial charge is 0.410 e. The summed E-state index contributed by atoms with van der Waals surface area (Å²) in [5, 5.41) is 57.9. The minimum Gasteiger partial charge on any atom is -0.481 e. The molecule has 145 heavy (non-hydrogen) atoms. The molecule has 7 aromatic rings. The van der Waals surface area contributed by atoms with Crippen LogP contribution < -0.4 is 11.1 Å². The molecule has 0 radical (unpaired) electrons. The first-order valence-electron chi connectivity index (χ1n) is 53.3. The predicted molar refractivity (Wildman–Crippen MR) is 533 cm³/mol. The van der Waals surface area contributed by atoms with E-state index in [4.69, 9.17) is 63.1 Å². The van der Waals surface area contributed by atoms with Crippen LogP contribution in [0.5, 0.6) is 0 Å². The van der Waals surface area contributed by atoms with Crippen LogP contribution in [0.25, 0.3) is 0 Å². The fourth-order valence-corrected chi connectivity index (χ4v) is 25.7. The largest absolute Gasteiger partial charge is 0.481 e. The molecule has 0 spiro atoms. The van der Waals surface area contributed by atoms with Gasteiger partial charge in [0.05, 0.1) is 52.1 Å². The minimum atomic E-state index is -0.694. The Labute approximate surface area is 849 Å². The van der Waals surface area contributed by atoms with E-state index in [1.54, 1.807) is 4.90 Å². The number of ether oxygens (including phenoxy) is 5. The summed E-state index contributed by atoms with van der Waals surface area (Å²) >= 11 is 0. The maximum Gasteiger partial charge on any atom is 0.410 e. The highest BCUT2D eigenvalue weighted by Gasteiger charge is 2.65. The molecule has 20 saturated carbocycles. The lowest BCUT2D eigenvalue weighted by Gasteiger charge is -2.49. The van der Waals surface area contributed by atoms with Gasteiger partial charge in [-0.2, -0.15) is 15.0 Å². The Morgan fingerprint density at radius 1 is 0.366 bits per heavy atom. The second kappa shape index (κ2) is 38.4. The van der Waals surface area contributed by atoms with Crippen molar-refractivity contribution in [2.24, 2.45) is 43.4 Å². The highest BCUT2D eigenvalue weighted by atomic mass is 16.6. The molecule has 4 aromatic carbocycles. The number of carboxylic acid groups (broad SMARTS) is 3. The van der Waals surface area contributed by atoms with Gasteiger partial charge in [0.15, 0.2) is 17.5 Å². The zero-order chi connectivity index (χ0) is 103. The van der Waals surface area contributed by atoms with Crippen molar-refractivity contribution in [1.29, 1.82) is 0 Å². The average Bonchev–Trinajstić information content (AvgIpc) is 1.53. The summed E-state index contributed by atoms with van der Waals surface area (Å²) < 4.78 is 44.9. The quantitative estimate of drug-likeness (QED) is 0.00662. The molecule has 32 nitrogen and oxygen atoms in total. The number of aromatic nitrogens is 6. The third-order valence-corrected chi connectivity index (χ3v) is 36.9. The molecule has 3 amide bonds.